The normalized spacial score (nSPS) is 11.0. The van der Waals surface area contributed by atoms with Crippen LogP contribution >= 0.6 is 34.8 Å². The molecule has 0 bridgehead atoms. The van der Waals surface area contributed by atoms with E-state index in [4.69, 9.17) is 34.8 Å². The van der Waals surface area contributed by atoms with Crippen LogP contribution in [0.5, 0.6) is 0 Å². The fourth-order valence-electron chi connectivity index (χ4n) is 3.08. The predicted molar refractivity (Wildman–Crippen MR) is 124 cm³/mol. The SMILES string of the molecule is O=C(Nc1cc(Cl)ccn1)c1ccc2c(c1)nc(Nc1c(Cl)cccc1Cl)n2CCO. The number of aliphatic hydroxyl groups excluding tert-OH is 1. The first-order chi connectivity index (χ1) is 15.0. The van der Waals surface area contributed by atoms with E-state index in [1.165, 1.54) is 6.20 Å². The average molecular weight is 477 g/mol. The van der Waals surface area contributed by atoms with Gasteiger partial charge in [0.1, 0.15) is 5.82 Å². The summed E-state index contributed by atoms with van der Waals surface area (Å²) in [4.78, 5) is 21.3. The summed E-state index contributed by atoms with van der Waals surface area (Å²) in [6, 6.07) is 13.4. The molecule has 1 amide bonds. The third-order valence-corrected chi connectivity index (χ3v) is 5.36. The van der Waals surface area contributed by atoms with Gasteiger partial charge in [0.25, 0.3) is 5.91 Å². The predicted octanol–water partition coefficient (Wildman–Crippen LogP) is 5.38. The molecule has 31 heavy (non-hydrogen) atoms. The molecular formula is C21H16Cl3N5O2. The monoisotopic (exact) mass is 475 g/mol. The molecule has 2 aromatic carbocycles. The van der Waals surface area contributed by atoms with E-state index in [9.17, 15) is 9.90 Å². The Labute approximate surface area is 192 Å². The molecule has 0 fully saturated rings. The molecule has 0 spiro atoms. The molecule has 3 N–H and O–H groups in total. The van der Waals surface area contributed by atoms with Gasteiger partial charge in [0, 0.05) is 23.3 Å². The molecule has 7 nitrogen and oxygen atoms in total. The standard InChI is InChI=1S/C21H16Cl3N5O2/c22-13-6-7-25-18(11-13)27-20(31)12-4-5-17-16(10-12)26-21(29(17)8-9-30)28-19-14(23)2-1-3-15(19)24/h1-7,10-11,30H,8-9H2,(H,26,28)(H,25,27,31). The fraction of sp³-hybridized carbons (Fsp3) is 0.0952. The second kappa shape index (κ2) is 9.11. The lowest BCUT2D eigenvalue weighted by atomic mass is 10.2. The highest BCUT2D eigenvalue weighted by Crippen LogP contribution is 2.33. The Hall–Kier alpha value is -2.84. The van der Waals surface area contributed by atoms with Crippen molar-refractivity contribution in [1.29, 1.82) is 0 Å². The summed E-state index contributed by atoms with van der Waals surface area (Å²) in [7, 11) is 0. The number of carbonyl (C=O) groups is 1. The van der Waals surface area contributed by atoms with Gasteiger partial charge in [-0.2, -0.15) is 0 Å². The number of nitrogens with zero attached hydrogens (tertiary/aromatic N) is 3. The Morgan fingerprint density at radius 3 is 2.55 bits per heavy atom. The van der Waals surface area contributed by atoms with Crippen molar-refractivity contribution >= 4 is 69.2 Å². The van der Waals surface area contributed by atoms with E-state index in [0.717, 1.165) is 5.52 Å². The van der Waals surface area contributed by atoms with Crippen LogP contribution in [0.2, 0.25) is 15.1 Å². The van der Waals surface area contributed by atoms with Crippen LogP contribution in [-0.4, -0.2) is 32.2 Å². The second-order valence-corrected chi connectivity index (χ2v) is 7.80. The van der Waals surface area contributed by atoms with Crippen molar-refractivity contribution in [2.75, 3.05) is 17.2 Å². The minimum Gasteiger partial charge on any atom is -0.395 e. The maximum absolute atomic E-state index is 12.6. The molecule has 0 aliphatic heterocycles. The number of rotatable bonds is 6. The zero-order valence-electron chi connectivity index (χ0n) is 15.9. The minimum absolute atomic E-state index is 0.0981. The first kappa shape index (κ1) is 21.4. The van der Waals surface area contributed by atoms with Crippen molar-refractivity contribution in [3.8, 4) is 0 Å². The molecule has 10 heteroatoms. The van der Waals surface area contributed by atoms with E-state index in [2.05, 4.69) is 20.6 Å². The lowest BCUT2D eigenvalue weighted by Crippen LogP contribution is -2.12. The first-order valence-corrected chi connectivity index (χ1v) is 10.3. The molecule has 0 saturated carbocycles. The number of para-hydroxylation sites is 1. The van der Waals surface area contributed by atoms with E-state index in [0.29, 0.717) is 50.1 Å². The van der Waals surface area contributed by atoms with Crippen LogP contribution < -0.4 is 10.6 Å². The summed E-state index contributed by atoms with van der Waals surface area (Å²) in [5.41, 5.74) is 2.19. The summed E-state index contributed by atoms with van der Waals surface area (Å²) in [5.74, 6) is 0.435. The smallest absolute Gasteiger partial charge is 0.256 e. The van der Waals surface area contributed by atoms with Crippen LogP contribution in [0, 0.1) is 0 Å². The van der Waals surface area contributed by atoms with Crippen molar-refractivity contribution in [3.63, 3.8) is 0 Å². The number of benzene rings is 2. The number of nitrogens with one attached hydrogen (secondary N) is 2. The molecule has 0 radical (unpaired) electrons. The zero-order valence-corrected chi connectivity index (χ0v) is 18.2. The number of hydrogen-bond donors (Lipinski definition) is 3. The molecule has 158 valence electrons. The fourth-order valence-corrected chi connectivity index (χ4v) is 3.74. The van der Waals surface area contributed by atoms with Crippen LogP contribution in [0.4, 0.5) is 17.5 Å². The summed E-state index contributed by atoms with van der Waals surface area (Å²) in [5, 5.41) is 16.7. The Morgan fingerprint density at radius 1 is 1.06 bits per heavy atom. The molecule has 0 aliphatic rings. The van der Waals surface area contributed by atoms with E-state index in [1.54, 1.807) is 53.1 Å². The largest absolute Gasteiger partial charge is 0.395 e. The molecule has 4 rings (SSSR count). The topological polar surface area (TPSA) is 92.1 Å². The number of imidazole rings is 1. The number of aromatic nitrogens is 3. The number of carbonyl (C=O) groups excluding carboxylic acids is 1. The molecule has 0 unspecified atom stereocenters. The molecule has 4 aromatic rings. The van der Waals surface area contributed by atoms with Gasteiger partial charge in [0.2, 0.25) is 5.95 Å². The number of fused-ring (bicyclic) bond motifs is 1. The number of halogens is 3. The molecule has 2 heterocycles. The average Bonchev–Trinajstić information content (AvgIpc) is 3.07. The highest BCUT2D eigenvalue weighted by molar-refractivity contribution is 6.39. The molecule has 0 atom stereocenters. The quantitative estimate of drug-likeness (QED) is 0.347. The lowest BCUT2D eigenvalue weighted by Gasteiger charge is -2.12. The van der Waals surface area contributed by atoms with E-state index in [-0.39, 0.29) is 12.5 Å². The summed E-state index contributed by atoms with van der Waals surface area (Å²) in [6.45, 7) is 0.192. The Kier molecular flexibility index (Phi) is 6.29. The second-order valence-electron chi connectivity index (χ2n) is 6.55. The minimum atomic E-state index is -0.350. The van der Waals surface area contributed by atoms with E-state index in [1.807, 2.05) is 0 Å². The maximum Gasteiger partial charge on any atom is 0.256 e. The van der Waals surface area contributed by atoms with Gasteiger partial charge in [-0.05, 0) is 42.5 Å². The Balaban J connectivity index is 1.69. The van der Waals surface area contributed by atoms with E-state index >= 15 is 0 Å². The highest BCUT2D eigenvalue weighted by Gasteiger charge is 2.16. The van der Waals surface area contributed by atoms with Crippen LogP contribution in [0.15, 0.2) is 54.7 Å². The summed E-state index contributed by atoms with van der Waals surface area (Å²) < 4.78 is 1.79. The number of hydrogen-bond acceptors (Lipinski definition) is 5. The Bertz CT molecular complexity index is 1260. The van der Waals surface area contributed by atoms with Crippen LogP contribution in [0.1, 0.15) is 10.4 Å². The zero-order chi connectivity index (χ0) is 22.0. The summed E-state index contributed by atoms with van der Waals surface area (Å²) >= 11 is 18.5. The van der Waals surface area contributed by atoms with Gasteiger partial charge in [0.15, 0.2) is 0 Å². The molecule has 0 saturated heterocycles. The van der Waals surface area contributed by atoms with Gasteiger partial charge < -0.3 is 20.3 Å². The lowest BCUT2D eigenvalue weighted by molar-refractivity contribution is 0.102. The Morgan fingerprint density at radius 2 is 1.84 bits per heavy atom. The summed E-state index contributed by atoms with van der Waals surface area (Å²) in [6.07, 6.45) is 1.51. The van der Waals surface area contributed by atoms with Crippen LogP contribution in [0.3, 0.4) is 0 Å². The molecular weight excluding hydrogens is 461 g/mol. The van der Waals surface area contributed by atoms with Crippen molar-refractivity contribution in [2.24, 2.45) is 0 Å². The van der Waals surface area contributed by atoms with Gasteiger partial charge in [-0.1, -0.05) is 40.9 Å². The highest BCUT2D eigenvalue weighted by atomic mass is 35.5. The number of amides is 1. The van der Waals surface area contributed by atoms with Gasteiger partial charge in [-0.3, -0.25) is 4.79 Å². The maximum atomic E-state index is 12.6. The van der Waals surface area contributed by atoms with Crippen molar-refractivity contribution in [2.45, 2.75) is 6.54 Å². The molecule has 0 aliphatic carbocycles. The first-order valence-electron chi connectivity index (χ1n) is 9.21. The van der Waals surface area contributed by atoms with Crippen molar-refractivity contribution in [3.05, 3.63) is 75.4 Å². The van der Waals surface area contributed by atoms with Crippen LogP contribution in [-0.2, 0) is 6.54 Å². The number of anilines is 3. The van der Waals surface area contributed by atoms with Crippen molar-refractivity contribution < 1.29 is 9.90 Å². The number of pyridine rings is 1. The number of aliphatic hydroxyl groups is 1. The molecule has 2 aromatic heterocycles. The third kappa shape index (κ3) is 4.60. The van der Waals surface area contributed by atoms with Gasteiger partial charge in [0.05, 0.1) is 33.4 Å². The van der Waals surface area contributed by atoms with Gasteiger partial charge >= 0.3 is 0 Å². The van der Waals surface area contributed by atoms with Gasteiger partial charge in [-0.15, -0.1) is 0 Å². The van der Waals surface area contributed by atoms with E-state index < -0.39 is 0 Å². The van der Waals surface area contributed by atoms with Crippen LogP contribution in [0.25, 0.3) is 11.0 Å². The van der Waals surface area contributed by atoms with Crippen molar-refractivity contribution in [1.82, 2.24) is 14.5 Å². The van der Waals surface area contributed by atoms with Gasteiger partial charge in [-0.25, -0.2) is 9.97 Å². The third-order valence-electron chi connectivity index (χ3n) is 4.50.